The van der Waals surface area contributed by atoms with Gasteiger partial charge >= 0.3 is 6.03 Å². The Morgan fingerprint density at radius 2 is 2.30 bits per heavy atom. The number of nitrogens with zero attached hydrogens (tertiary/aromatic N) is 1. The lowest BCUT2D eigenvalue weighted by Gasteiger charge is -2.23. The zero-order chi connectivity index (χ0) is 14.4. The molecule has 6 nitrogen and oxygen atoms in total. The van der Waals surface area contributed by atoms with Gasteiger partial charge in [0.25, 0.3) is 0 Å². The maximum atomic E-state index is 12.2. The van der Waals surface area contributed by atoms with E-state index in [4.69, 9.17) is 14.2 Å². The van der Waals surface area contributed by atoms with E-state index < -0.39 is 0 Å². The number of carbonyl (C=O) groups excluding carboxylic acids is 1. The topological polar surface area (TPSA) is 60.0 Å². The van der Waals surface area contributed by atoms with Crippen LogP contribution in [0.25, 0.3) is 0 Å². The minimum Gasteiger partial charge on any atom is -0.497 e. The van der Waals surface area contributed by atoms with Crippen molar-refractivity contribution in [2.45, 2.75) is 6.10 Å². The van der Waals surface area contributed by atoms with E-state index in [-0.39, 0.29) is 12.1 Å². The number of carbonyl (C=O) groups is 1. The van der Waals surface area contributed by atoms with Crippen LogP contribution in [-0.2, 0) is 9.47 Å². The second-order valence-corrected chi connectivity index (χ2v) is 4.54. The van der Waals surface area contributed by atoms with Crippen molar-refractivity contribution in [3.8, 4) is 5.75 Å². The molecule has 1 aliphatic rings. The largest absolute Gasteiger partial charge is 0.497 e. The first-order valence-corrected chi connectivity index (χ1v) is 6.53. The van der Waals surface area contributed by atoms with Gasteiger partial charge in [-0.3, -0.25) is 0 Å². The number of rotatable bonds is 3. The van der Waals surface area contributed by atoms with Crippen LogP contribution in [0, 0.1) is 0 Å². The molecule has 1 saturated heterocycles. The summed E-state index contributed by atoms with van der Waals surface area (Å²) in [6.45, 7) is 2.10. The second kappa shape index (κ2) is 7.12. The Hall–Kier alpha value is -1.79. The maximum Gasteiger partial charge on any atom is 0.322 e. The van der Waals surface area contributed by atoms with Gasteiger partial charge in [-0.1, -0.05) is 6.07 Å². The number of nitrogens with one attached hydrogen (secondary N) is 1. The zero-order valence-electron chi connectivity index (χ0n) is 11.8. The van der Waals surface area contributed by atoms with Crippen LogP contribution >= 0.6 is 0 Å². The number of benzene rings is 1. The van der Waals surface area contributed by atoms with Crippen LogP contribution in [0.2, 0.25) is 0 Å². The number of ether oxygens (including phenoxy) is 3. The molecular formula is C14H20N2O4. The minimum atomic E-state index is -0.161. The Morgan fingerprint density at radius 3 is 3.05 bits per heavy atom. The van der Waals surface area contributed by atoms with Crippen LogP contribution in [0.1, 0.15) is 0 Å². The standard InChI is InChI=1S/C14H20N2O4/c1-18-12-5-3-4-11(8-12)15-14(17)16-6-7-20-10-13(9-16)19-2/h3-5,8,13H,6-7,9-10H2,1-2H3,(H,15,17). The molecule has 0 aromatic heterocycles. The van der Waals surface area contributed by atoms with E-state index in [0.717, 1.165) is 0 Å². The lowest BCUT2D eigenvalue weighted by Crippen LogP contribution is -2.41. The highest BCUT2D eigenvalue weighted by Gasteiger charge is 2.22. The minimum absolute atomic E-state index is 0.0893. The molecule has 6 heteroatoms. The summed E-state index contributed by atoms with van der Waals surface area (Å²) in [5.41, 5.74) is 0.702. The molecule has 1 N–H and O–H groups in total. The van der Waals surface area contributed by atoms with Gasteiger partial charge in [0.2, 0.25) is 0 Å². The smallest absolute Gasteiger partial charge is 0.322 e. The molecule has 0 saturated carbocycles. The fourth-order valence-electron chi connectivity index (χ4n) is 2.01. The van der Waals surface area contributed by atoms with Gasteiger partial charge in [-0.05, 0) is 12.1 Å². The maximum absolute atomic E-state index is 12.2. The van der Waals surface area contributed by atoms with E-state index in [9.17, 15) is 4.79 Å². The summed E-state index contributed by atoms with van der Waals surface area (Å²) in [5.74, 6) is 0.705. The van der Waals surface area contributed by atoms with Gasteiger partial charge in [0.15, 0.2) is 0 Å². The lowest BCUT2D eigenvalue weighted by molar-refractivity contribution is 0.0248. The molecule has 1 aromatic rings. The molecule has 0 radical (unpaired) electrons. The fraction of sp³-hybridized carbons (Fsp3) is 0.500. The molecule has 1 fully saturated rings. The number of urea groups is 1. The Bertz CT molecular complexity index is 453. The summed E-state index contributed by atoms with van der Waals surface area (Å²) in [7, 11) is 3.22. The lowest BCUT2D eigenvalue weighted by atomic mass is 10.3. The number of hydrogen-bond donors (Lipinski definition) is 1. The molecular weight excluding hydrogens is 260 g/mol. The summed E-state index contributed by atoms with van der Waals surface area (Å²) < 4.78 is 15.8. The Kier molecular flexibility index (Phi) is 5.20. The SMILES string of the molecule is COc1cccc(NC(=O)N2CCOCC(OC)C2)c1. The highest BCUT2D eigenvalue weighted by molar-refractivity contribution is 5.89. The third-order valence-electron chi connectivity index (χ3n) is 3.17. The highest BCUT2D eigenvalue weighted by atomic mass is 16.5. The number of hydrogen-bond acceptors (Lipinski definition) is 4. The predicted molar refractivity (Wildman–Crippen MR) is 75.2 cm³/mol. The second-order valence-electron chi connectivity index (χ2n) is 4.54. The van der Waals surface area contributed by atoms with E-state index in [0.29, 0.717) is 37.7 Å². The summed E-state index contributed by atoms with van der Waals surface area (Å²) in [6, 6.07) is 7.10. The molecule has 20 heavy (non-hydrogen) atoms. The molecule has 1 unspecified atom stereocenters. The van der Waals surface area contributed by atoms with Gasteiger partial charge in [-0.25, -0.2) is 4.79 Å². The fourth-order valence-corrected chi connectivity index (χ4v) is 2.01. The third kappa shape index (κ3) is 3.85. The summed E-state index contributed by atoms with van der Waals surface area (Å²) in [6.07, 6.45) is -0.0893. The molecule has 1 aromatic carbocycles. The summed E-state index contributed by atoms with van der Waals surface area (Å²) >= 11 is 0. The molecule has 1 heterocycles. The van der Waals surface area contributed by atoms with E-state index in [1.54, 1.807) is 25.2 Å². The molecule has 0 spiro atoms. The van der Waals surface area contributed by atoms with Crippen LogP contribution in [0.15, 0.2) is 24.3 Å². The third-order valence-corrected chi connectivity index (χ3v) is 3.17. The summed E-state index contributed by atoms with van der Waals surface area (Å²) in [5, 5.41) is 2.85. The first-order valence-electron chi connectivity index (χ1n) is 6.53. The van der Waals surface area contributed by atoms with Crippen molar-refractivity contribution in [3.05, 3.63) is 24.3 Å². The van der Waals surface area contributed by atoms with E-state index in [1.165, 1.54) is 0 Å². The molecule has 0 bridgehead atoms. The van der Waals surface area contributed by atoms with Crippen LogP contribution < -0.4 is 10.1 Å². The monoisotopic (exact) mass is 280 g/mol. The Morgan fingerprint density at radius 1 is 1.45 bits per heavy atom. The number of methoxy groups -OCH3 is 2. The van der Waals surface area contributed by atoms with Crippen molar-refractivity contribution in [1.29, 1.82) is 0 Å². The molecule has 0 aliphatic carbocycles. The van der Waals surface area contributed by atoms with Gasteiger partial charge < -0.3 is 24.4 Å². The van der Waals surface area contributed by atoms with Gasteiger partial charge in [0.05, 0.1) is 33.0 Å². The molecule has 1 aliphatic heterocycles. The van der Waals surface area contributed by atoms with Gasteiger partial charge in [0.1, 0.15) is 5.75 Å². The first kappa shape index (κ1) is 14.6. The van der Waals surface area contributed by atoms with E-state index in [2.05, 4.69) is 5.32 Å². The van der Waals surface area contributed by atoms with Gasteiger partial charge in [-0.2, -0.15) is 0 Å². The van der Waals surface area contributed by atoms with Crippen molar-refractivity contribution in [2.24, 2.45) is 0 Å². The number of amides is 2. The summed E-state index contributed by atoms with van der Waals surface area (Å²) in [4.78, 5) is 13.9. The van der Waals surface area contributed by atoms with Crippen LogP contribution in [-0.4, -0.2) is 57.6 Å². The predicted octanol–water partition coefficient (Wildman–Crippen LogP) is 1.57. The average molecular weight is 280 g/mol. The quantitative estimate of drug-likeness (QED) is 0.913. The molecule has 2 rings (SSSR count). The molecule has 110 valence electrons. The molecule has 1 atom stereocenters. The normalized spacial score (nSPS) is 19.3. The first-order chi connectivity index (χ1) is 9.72. The van der Waals surface area contributed by atoms with Gasteiger partial charge in [-0.15, -0.1) is 0 Å². The number of anilines is 1. The van der Waals surface area contributed by atoms with E-state index in [1.807, 2.05) is 18.2 Å². The van der Waals surface area contributed by atoms with Crippen molar-refractivity contribution < 1.29 is 19.0 Å². The Labute approximate surface area is 118 Å². The van der Waals surface area contributed by atoms with Crippen LogP contribution in [0.3, 0.4) is 0 Å². The zero-order valence-corrected chi connectivity index (χ0v) is 11.8. The Balaban J connectivity index is 1.99. The van der Waals surface area contributed by atoms with Crippen LogP contribution in [0.5, 0.6) is 5.75 Å². The average Bonchev–Trinajstić information content (AvgIpc) is 2.73. The van der Waals surface area contributed by atoms with E-state index >= 15 is 0 Å². The molecule has 2 amide bonds. The highest BCUT2D eigenvalue weighted by Crippen LogP contribution is 2.17. The van der Waals surface area contributed by atoms with Crippen molar-refractivity contribution >= 4 is 11.7 Å². The van der Waals surface area contributed by atoms with Crippen LogP contribution in [0.4, 0.5) is 10.5 Å². The van der Waals surface area contributed by atoms with Crippen molar-refractivity contribution in [3.63, 3.8) is 0 Å². The van der Waals surface area contributed by atoms with Crippen molar-refractivity contribution in [1.82, 2.24) is 4.90 Å². The van der Waals surface area contributed by atoms with Crippen molar-refractivity contribution in [2.75, 3.05) is 45.8 Å². The van der Waals surface area contributed by atoms with Gasteiger partial charge in [0, 0.05) is 25.4 Å².